The zero-order valence-corrected chi connectivity index (χ0v) is 29.7. The fourth-order valence-electron chi connectivity index (χ4n) is 4.58. The summed E-state index contributed by atoms with van der Waals surface area (Å²) in [7, 11) is -1.37. The van der Waals surface area contributed by atoms with Gasteiger partial charge in [0.2, 0.25) is 11.8 Å². The number of aryl methyl sites for hydroxylation is 1. The maximum absolute atomic E-state index is 13.3. The summed E-state index contributed by atoms with van der Waals surface area (Å²) in [6, 6.07) is 6.36. The van der Waals surface area contributed by atoms with Crippen molar-refractivity contribution >= 4 is 37.5 Å². The predicted molar refractivity (Wildman–Crippen MR) is 178 cm³/mol. The number of Topliss-reactive ketones (excluding diaryl/α,β-unsaturated/α-hetero) is 2. The fraction of sp³-hybridized carbons (Fsp3) is 0.676. The van der Waals surface area contributed by atoms with Crippen molar-refractivity contribution in [3.05, 3.63) is 35.4 Å². The lowest BCUT2D eigenvalue weighted by Crippen LogP contribution is -2.51. The Balaban J connectivity index is 2.81. The summed E-state index contributed by atoms with van der Waals surface area (Å²) < 4.78 is 5.22. The van der Waals surface area contributed by atoms with Crippen molar-refractivity contribution < 1.29 is 28.7 Å². The molecule has 248 valence electrons. The molecule has 1 rings (SSSR count). The lowest BCUT2D eigenvalue weighted by atomic mass is 9.92. The number of rotatable bonds is 19. The van der Waals surface area contributed by atoms with Gasteiger partial charge in [-0.3, -0.25) is 19.2 Å². The first kappa shape index (κ1) is 39.0. The van der Waals surface area contributed by atoms with Crippen LogP contribution in [-0.4, -0.2) is 62.3 Å². The molecule has 0 saturated carbocycles. The molecule has 0 aliphatic carbocycles. The van der Waals surface area contributed by atoms with Gasteiger partial charge >= 0.3 is 6.09 Å². The second-order valence-corrected chi connectivity index (χ2v) is 19.7. The summed E-state index contributed by atoms with van der Waals surface area (Å²) in [5.74, 6) is -1.63. The normalized spacial score (nSPS) is 14.4. The van der Waals surface area contributed by atoms with Crippen LogP contribution in [0.25, 0.3) is 0 Å². The molecule has 0 saturated heterocycles. The molecule has 0 radical (unpaired) electrons. The van der Waals surface area contributed by atoms with Gasteiger partial charge in [0.05, 0.1) is 18.7 Å². The van der Waals surface area contributed by atoms with Crippen LogP contribution in [0.2, 0.25) is 25.7 Å². The third kappa shape index (κ3) is 15.6. The van der Waals surface area contributed by atoms with Gasteiger partial charge in [-0.05, 0) is 55.2 Å². The smallest absolute Gasteiger partial charge is 0.407 e. The molecule has 0 unspecified atom stereocenters. The Bertz CT molecular complexity index is 1100. The molecule has 4 atom stereocenters. The number of hydrogen-bond donors (Lipinski definition) is 3. The summed E-state index contributed by atoms with van der Waals surface area (Å²) in [5, 5.41) is 8.18. The average Bonchev–Trinajstić information content (AvgIpc) is 2.91. The highest BCUT2D eigenvalue weighted by Gasteiger charge is 2.30. The SMILES string of the molecule is CCc1ccc(CC(=O)[C@@H](CC(C)C)NC(=O)[C@H](C)CC(=O)[C@H](CC(C)C)NC(=O)[C@H](C)NC(=O)OCC[Si](C)(C)C)cc1. The van der Waals surface area contributed by atoms with Crippen molar-refractivity contribution in [2.75, 3.05) is 6.61 Å². The Morgan fingerprint density at radius 2 is 1.23 bits per heavy atom. The van der Waals surface area contributed by atoms with Gasteiger partial charge in [-0.25, -0.2) is 4.79 Å². The second kappa shape index (κ2) is 18.7. The maximum atomic E-state index is 13.3. The summed E-state index contributed by atoms with van der Waals surface area (Å²) in [6.45, 7) is 20.0. The molecule has 3 N–H and O–H groups in total. The van der Waals surface area contributed by atoms with E-state index in [2.05, 4.69) is 42.5 Å². The molecule has 0 aromatic heterocycles. The van der Waals surface area contributed by atoms with Crippen LogP contribution in [0.15, 0.2) is 24.3 Å². The van der Waals surface area contributed by atoms with Gasteiger partial charge < -0.3 is 20.7 Å². The van der Waals surface area contributed by atoms with Crippen molar-refractivity contribution in [1.29, 1.82) is 0 Å². The third-order valence-electron chi connectivity index (χ3n) is 7.40. The van der Waals surface area contributed by atoms with Crippen LogP contribution in [-0.2, 0) is 36.8 Å². The summed E-state index contributed by atoms with van der Waals surface area (Å²) >= 11 is 0. The number of carbonyl (C=O) groups excluding carboxylic acids is 5. The van der Waals surface area contributed by atoms with Gasteiger partial charge in [0.25, 0.3) is 0 Å². The zero-order valence-electron chi connectivity index (χ0n) is 28.7. The molecule has 10 heteroatoms. The number of ketones is 2. The number of ether oxygens (including phenoxy) is 1. The molecular weight excluding hydrogens is 574 g/mol. The highest BCUT2D eigenvalue weighted by atomic mass is 28.3. The van der Waals surface area contributed by atoms with Crippen molar-refractivity contribution in [3.8, 4) is 0 Å². The fourth-order valence-corrected chi connectivity index (χ4v) is 5.30. The lowest BCUT2D eigenvalue weighted by Gasteiger charge is -2.25. The van der Waals surface area contributed by atoms with E-state index in [0.29, 0.717) is 19.4 Å². The van der Waals surface area contributed by atoms with E-state index in [4.69, 9.17) is 4.74 Å². The molecule has 1 aromatic carbocycles. The molecule has 0 fully saturated rings. The van der Waals surface area contributed by atoms with Gasteiger partial charge in [0, 0.05) is 26.8 Å². The monoisotopic (exact) mass is 631 g/mol. The summed E-state index contributed by atoms with van der Waals surface area (Å²) in [6.07, 6.45) is 1.25. The third-order valence-corrected chi connectivity index (χ3v) is 9.11. The molecule has 0 aliphatic heterocycles. The first-order valence-corrected chi connectivity index (χ1v) is 19.8. The van der Waals surface area contributed by atoms with Crippen LogP contribution in [0.4, 0.5) is 4.79 Å². The van der Waals surface area contributed by atoms with Crippen molar-refractivity contribution in [2.24, 2.45) is 17.8 Å². The number of benzene rings is 1. The maximum Gasteiger partial charge on any atom is 0.407 e. The minimum absolute atomic E-state index is 0.0692. The van der Waals surface area contributed by atoms with Crippen LogP contribution in [0.1, 0.15) is 78.9 Å². The van der Waals surface area contributed by atoms with Gasteiger partial charge in [0.1, 0.15) is 6.04 Å². The summed E-state index contributed by atoms with van der Waals surface area (Å²) in [4.78, 5) is 64.8. The Hall–Kier alpha value is -3.01. The molecule has 0 heterocycles. The number of carbonyl (C=O) groups is 5. The average molecular weight is 632 g/mol. The minimum atomic E-state index is -1.37. The number of amides is 3. The number of nitrogens with one attached hydrogen (secondary N) is 3. The summed E-state index contributed by atoms with van der Waals surface area (Å²) in [5.41, 5.74) is 2.09. The highest BCUT2D eigenvalue weighted by molar-refractivity contribution is 6.76. The van der Waals surface area contributed by atoms with E-state index >= 15 is 0 Å². The van der Waals surface area contributed by atoms with Crippen molar-refractivity contribution in [3.63, 3.8) is 0 Å². The van der Waals surface area contributed by atoms with E-state index in [1.165, 1.54) is 12.5 Å². The van der Waals surface area contributed by atoms with E-state index in [1.54, 1.807) is 6.92 Å². The molecule has 9 nitrogen and oxygen atoms in total. The van der Waals surface area contributed by atoms with Crippen LogP contribution in [0.5, 0.6) is 0 Å². The zero-order chi connectivity index (χ0) is 33.6. The first-order chi connectivity index (χ1) is 20.4. The highest BCUT2D eigenvalue weighted by Crippen LogP contribution is 2.15. The molecule has 44 heavy (non-hydrogen) atoms. The molecule has 1 aromatic rings. The Kier molecular flexibility index (Phi) is 16.6. The van der Waals surface area contributed by atoms with E-state index < -0.39 is 44.1 Å². The van der Waals surface area contributed by atoms with E-state index in [1.807, 2.05) is 52.0 Å². The molecule has 0 bridgehead atoms. The van der Waals surface area contributed by atoms with Gasteiger partial charge in [0.15, 0.2) is 11.6 Å². The Labute approximate surface area is 266 Å². The molecule has 0 aliphatic rings. The van der Waals surface area contributed by atoms with E-state index in [-0.39, 0.29) is 42.2 Å². The second-order valence-electron chi connectivity index (χ2n) is 14.1. The standard InChI is InChI=1S/C34H57N3O6Si/c1-11-26-12-14-27(15-13-26)21-31(39)29(19-23(4)5)36-32(40)24(6)20-30(38)28(18-22(2)3)37-33(41)25(7)35-34(42)43-16-17-44(8,9)10/h12-15,22-25,28-29H,11,16-21H2,1-10H3,(H,35,42)(H,36,40)(H,37,41)/t24-,25+,28+,29-/m1/s1. The van der Waals surface area contributed by atoms with Crippen LogP contribution < -0.4 is 16.0 Å². The largest absolute Gasteiger partial charge is 0.450 e. The van der Waals surface area contributed by atoms with E-state index in [0.717, 1.165) is 18.0 Å². The quantitative estimate of drug-likeness (QED) is 0.174. The van der Waals surface area contributed by atoms with Crippen molar-refractivity contribution in [2.45, 2.75) is 124 Å². The van der Waals surface area contributed by atoms with Crippen molar-refractivity contribution in [1.82, 2.24) is 16.0 Å². The topological polar surface area (TPSA) is 131 Å². The molecular formula is C34H57N3O6Si. The minimum Gasteiger partial charge on any atom is -0.450 e. The molecule has 0 spiro atoms. The number of hydrogen-bond acceptors (Lipinski definition) is 6. The Morgan fingerprint density at radius 3 is 1.73 bits per heavy atom. The van der Waals surface area contributed by atoms with Gasteiger partial charge in [-0.2, -0.15) is 0 Å². The number of alkyl carbamates (subject to hydrolysis) is 1. The molecule has 3 amide bonds. The van der Waals surface area contributed by atoms with Crippen LogP contribution >= 0.6 is 0 Å². The van der Waals surface area contributed by atoms with Gasteiger partial charge in [-0.1, -0.05) is 85.4 Å². The Morgan fingerprint density at radius 1 is 0.727 bits per heavy atom. The van der Waals surface area contributed by atoms with Gasteiger partial charge in [-0.15, -0.1) is 0 Å². The van der Waals surface area contributed by atoms with E-state index in [9.17, 15) is 24.0 Å². The lowest BCUT2D eigenvalue weighted by molar-refractivity contribution is -0.133. The van der Waals surface area contributed by atoms with Crippen LogP contribution in [0, 0.1) is 17.8 Å². The van der Waals surface area contributed by atoms with Crippen LogP contribution in [0.3, 0.4) is 0 Å². The predicted octanol–water partition coefficient (Wildman–Crippen LogP) is 5.47. The first-order valence-electron chi connectivity index (χ1n) is 16.1.